The van der Waals surface area contributed by atoms with Gasteiger partial charge in [-0.3, -0.25) is 9.59 Å². The number of likely N-dealkylation sites (N-methyl/N-ethyl adjacent to an activating group) is 1. The summed E-state index contributed by atoms with van der Waals surface area (Å²) in [5.74, 6) is -0.0103. The molecule has 0 radical (unpaired) electrons. The van der Waals surface area contributed by atoms with Crippen molar-refractivity contribution < 1.29 is 14.3 Å². The normalized spacial score (nSPS) is 11.2. The molecule has 2 N–H and O–H groups in total. The number of carbonyl (C=O) groups is 2. The molecule has 6 nitrogen and oxygen atoms in total. The fourth-order valence-electron chi connectivity index (χ4n) is 1.71. The summed E-state index contributed by atoms with van der Waals surface area (Å²) in [5, 5.41) is 5.52. The zero-order valence-electron chi connectivity index (χ0n) is 13.9. The summed E-state index contributed by atoms with van der Waals surface area (Å²) in [6.45, 7) is 4.43. The molecule has 0 aliphatic carbocycles. The number of hydrogen-bond acceptors (Lipinski definition) is 4. The lowest BCUT2D eigenvalue weighted by atomic mass is 9.91. The van der Waals surface area contributed by atoms with Crippen molar-refractivity contribution in [3.63, 3.8) is 0 Å². The molecule has 0 unspecified atom stereocenters. The summed E-state index contributed by atoms with van der Waals surface area (Å²) >= 11 is 0. The van der Waals surface area contributed by atoms with Crippen molar-refractivity contribution in [3.05, 3.63) is 24.3 Å². The molecule has 0 saturated heterocycles. The Hall–Kier alpha value is -2.08. The van der Waals surface area contributed by atoms with Crippen LogP contribution in [-0.2, 0) is 9.59 Å². The monoisotopic (exact) mass is 307 g/mol. The van der Waals surface area contributed by atoms with E-state index in [1.807, 2.05) is 19.0 Å². The van der Waals surface area contributed by atoms with Crippen LogP contribution in [0.2, 0.25) is 0 Å². The number of rotatable bonds is 7. The van der Waals surface area contributed by atoms with Crippen molar-refractivity contribution >= 4 is 17.5 Å². The van der Waals surface area contributed by atoms with Crippen LogP contribution in [0, 0.1) is 5.41 Å². The second-order valence-corrected chi connectivity index (χ2v) is 5.87. The summed E-state index contributed by atoms with van der Waals surface area (Å²) in [5.41, 5.74) is -0.562. The molecule has 0 aromatic heterocycles. The maximum absolute atomic E-state index is 12.3. The number of carbonyl (C=O) groups excluding carboxylic acids is 2. The molecule has 0 fully saturated rings. The number of ether oxygens (including phenoxy) is 1. The van der Waals surface area contributed by atoms with Gasteiger partial charge in [-0.15, -0.1) is 0 Å². The molecule has 1 aromatic carbocycles. The van der Waals surface area contributed by atoms with Crippen LogP contribution >= 0.6 is 0 Å². The SMILES string of the molecule is COc1cccc(NC(=O)C(C)(C)C(=O)NCCN(C)C)c1. The molecule has 6 heteroatoms. The standard InChI is InChI=1S/C16H25N3O3/c1-16(2,14(20)17-9-10-19(3)4)15(21)18-12-7-6-8-13(11-12)22-5/h6-8,11H,9-10H2,1-5H3,(H,17,20)(H,18,21). The van der Waals surface area contributed by atoms with Crippen LogP contribution in [0.25, 0.3) is 0 Å². The van der Waals surface area contributed by atoms with Gasteiger partial charge < -0.3 is 20.3 Å². The molecule has 122 valence electrons. The Morgan fingerprint density at radius 3 is 2.50 bits per heavy atom. The van der Waals surface area contributed by atoms with Crippen molar-refractivity contribution in [2.24, 2.45) is 5.41 Å². The van der Waals surface area contributed by atoms with E-state index in [0.717, 1.165) is 6.54 Å². The van der Waals surface area contributed by atoms with Crippen LogP contribution in [0.4, 0.5) is 5.69 Å². The first-order valence-electron chi connectivity index (χ1n) is 7.16. The second kappa shape index (κ2) is 7.79. The Kier molecular flexibility index (Phi) is 6.37. The van der Waals surface area contributed by atoms with E-state index in [1.165, 1.54) is 0 Å². The highest BCUT2D eigenvalue weighted by atomic mass is 16.5. The Balaban J connectivity index is 2.66. The number of nitrogens with one attached hydrogen (secondary N) is 2. The van der Waals surface area contributed by atoms with E-state index < -0.39 is 5.41 Å². The molecule has 0 saturated carbocycles. The summed E-state index contributed by atoms with van der Waals surface area (Å²) in [7, 11) is 5.41. The number of hydrogen-bond donors (Lipinski definition) is 2. The van der Waals surface area contributed by atoms with Gasteiger partial charge in [-0.2, -0.15) is 0 Å². The fraction of sp³-hybridized carbons (Fsp3) is 0.500. The minimum atomic E-state index is -1.16. The lowest BCUT2D eigenvalue weighted by molar-refractivity contribution is -0.138. The average Bonchev–Trinajstić information content (AvgIpc) is 2.46. The van der Waals surface area contributed by atoms with Gasteiger partial charge in [-0.05, 0) is 40.1 Å². The van der Waals surface area contributed by atoms with Crippen LogP contribution in [0.15, 0.2) is 24.3 Å². The van der Waals surface area contributed by atoms with Gasteiger partial charge in [-0.1, -0.05) is 6.07 Å². The zero-order valence-corrected chi connectivity index (χ0v) is 13.9. The van der Waals surface area contributed by atoms with Crippen molar-refractivity contribution in [1.29, 1.82) is 0 Å². The Bertz CT molecular complexity index is 527. The summed E-state index contributed by atoms with van der Waals surface area (Å²) < 4.78 is 5.11. The predicted octanol–water partition coefficient (Wildman–Crippen LogP) is 1.34. The van der Waals surface area contributed by atoms with E-state index in [0.29, 0.717) is 18.0 Å². The van der Waals surface area contributed by atoms with Crippen molar-refractivity contribution in [3.8, 4) is 5.75 Å². The Morgan fingerprint density at radius 2 is 1.91 bits per heavy atom. The van der Waals surface area contributed by atoms with E-state index in [1.54, 1.807) is 45.2 Å². The lowest BCUT2D eigenvalue weighted by Gasteiger charge is -2.23. The highest BCUT2D eigenvalue weighted by Gasteiger charge is 2.35. The first-order chi connectivity index (χ1) is 10.3. The fourth-order valence-corrected chi connectivity index (χ4v) is 1.71. The zero-order chi connectivity index (χ0) is 16.8. The number of amides is 2. The van der Waals surface area contributed by atoms with Crippen molar-refractivity contribution in [2.75, 3.05) is 39.6 Å². The first-order valence-corrected chi connectivity index (χ1v) is 7.16. The van der Waals surface area contributed by atoms with E-state index in [2.05, 4.69) is 10.6 Å². The smallest absolute Gasteiger partial charge is 0.239 e. The third-order valence-corrected chi connectivity index (χ3v) is 3.31. The molecule has 2 amide bonds. The average molecular weight is 307 g/mol. The summed E-state index contributed by atoms with van der Waals surface area (Å²) in [6.07, 6.45) is 0. The van der Waals surface area contributed by atoms with Gasteiger partial charge in [-0.25, -0.2) is 0 Å². The van der Waals surface area contributed by atoms with Crippen molar-refractivity contribution in [1.82, 2.24) is 10.2 Å². The van der Waals surface area contributed by atoms with Gasteiger partial charge in [0.05, 0.1) is 7.11 Å². The minimum Gasteiger partial charge on any atom is -0.497 e. The van der Waals surface area contributed by atoms with Crippen LogP contribution in [-0.4, -0.2) is 51.0 Å². The highest BCUT2D eigenvalue weighted by Crippen LogP contribution is 2.21. The Morgan fingerprint density at radius 1 is 1.23 bits per heavy atom. The topological polar surface area (TPSA) is 70.7 Å². The molecule has 22 heavy (non-hydrogen) atoms. The molecule has 0 aliphatic rings. The minimum absolute atomic E-state index is 0.297. The Labute approximate surface area is 131 Å². The molecule has 0 heterocycles. The number of nitrogens with zero attached hydrogens (tertiary/aromatic N) is 1. The lowest BCUT2D eigenvalue weighted by Crippen LogP contribution is -2.46. The first kappa shape index (κ1) is 18.0. The number of anilines is 1. The van der Waals surface area contributed by atoms with Crippen LogP contribution in [0.1, 0.15) is 13.8 Å². The van der Waals surface area contributed by atoms with Gasteiger partial charge in [0.25, 0.3) is 0 Å². The molecule has 1 rings (SSSR count). The molecular weight excluding hydrogens is 282 g/mol. The molecular formula is C16H25N3O3. The van der Waals surface area contributed by atoms with Crippen molar-refractivity contribution in [2.45, 2.75) is 13.8 Å². The third kappa shape index (κ3) is 5.04. The number of benzene rings is 1. The summed E-state index contributed by atoms with van der Waals surface area (Å²) in [6, 6.07) is 7.02. The van der Waals surface area contributed by atoms with Gasteiger partial charge >= 0.3 is 0 Å². The molecule has 1 aromatic rings. The van der Waals surface area contributed by atoms with E-state index in [4.69, 9.17) is 4.74 Å². The molecule has 0 atom stereocenters. The molecule has 0 aliphatic heterocycles. The third-order valence-electron chi connectivity index (χ3n) is 3.31. The summed E-state index contributed by atoms with van der Waals surface area (Å²) in [4.78, 5) is 26.5. The van der Waals surface area contributed by atoms with E-state index in [-0.39, 0.29) is 11.8 Å². The van der Waals surface area contributed by atoms with Crippen LogP contribution < -0.4 is 15.4 Å². The second-order valence-electron chi connectivity index (χ2n) is 5.87. The van der Waals surface area contributed by atoms with Gasteiger partial charge in [0.1, 0.15) is 11.2 Å². The van der Waals surface area contributed by atoms with E-state index >= 15 is 0 Å². The molecule has 0 bridgehead atoms. The maximum Gasteiger partial charge on any atom is 0.239 e. The van der Waals surface area contributed by atoms with E-state index in [9.17, 15) is 9.59 Å². The van der Waals surface area contributed by atoms with Gasteiger partial charge in [0.2, 0.25) is 11.8 Å². The predicted molar refractivity (Wildman–Crippen MR) is 87.0 cm³/mol. The quantitative estimate of drug-likeness (QED) is 0.746. The maximum atomic E-state index is 12.3. The van der Waals surface area contributed by atoms with Gasteiger partial charge in [0.15, 0.2) is 0 Å². The van der Waals surface area contributed by atoms with Crippen LogP contribution in [0.5, 0.6) is 5.75 Å². The van der Waals surface area contributed by atoms with Crippen LogP contribution in [0.3, 0.4) is 0 Å². The van der Waals surface area contributed by atoms with Gasteiger partial charge in [0, 0.05) is 24.8 Å². The largest absolute Gasteiger partial charge is 0.497 e. The number of methoxy groups -OCH3 is 1. The molecule has 0 spiro atoms. The highest BCUT2D eigenvalue weighted by molar-refractivity contribution is 6.09.